The van der Waals surface area contributed by atoms with Crippen LogP contribution in [-0.2, 0) is 0 Å². The Kier molecular flexibility index (Phi) is 4.31. The van der Waals surface area contributed by atoms with Gasteiger partial charge in [-0.2, -0.15) is 0 Å². The zero-order valence-corrected chi connectivity index (χ0v) is 14.3. The summed E-state index contributed by atoms with van der Waals surface area (Å²) < 4.78 is 10.5. The molecular formula is C18H19N3O4. The highest BCUT2D eigenvalue weighted by Gasteiger charge is 2.18. The fraction of sp³-hybridized carbons (Fsp3) is 0.278. The van der Waals surface area contributed by atoms with Crippen LogP contribution in [0.25, 0.3) is 0 Å². The van der Waals surface area contributed by atoms with Crippen molar-refractivity contribution in [3.05, 3.63) is 47.8 Å². The lowest BCUT2D eigenvalue weighted by Gasteiger charge is -2.20. The molecule has 130 valence electrons. The molecule has 0 aliphatic carbocycles. The largest absolute Gasteiger partial charge is 0.454 e. The second-order valence-electron chi connectivity index (χ2n) is 6.66. The van der Waals surface area contributed by atoms with Crippen molar-refractivity contribution in [1.82, 2.24) is 10.3 Å². The second kappa shape index (κ2) is 6.43. The van der Waals surface area contributed by atoms with Crippen LogP contribution < -0.4 is 20.1 Å². The van der Waals surface area contributed by atoms with E-state index in [1.807, 2.05) is 20.8 Å². The predicted octanol–water partition coefficient (Wildman–Crippen LogP) is 2.59. The Bertz CT molecular complexity index is 827. The number of carbonyl (C=O) groups excluding carboxylic acids is 2. The molecule has 2 N–H and O–H groups in total. The van der Waals surface area contributed by atoms with Crippen molar-refractivity contribution in [2.45, 2.75) is 26.3 Å². The van der Waals surface area contributed by atoms with E-state index in [1.54, 1.807) is 24.3 Å². The van der Waals surface area contributed by atoms with Gasteiger partial charge in [-0.05, 0) is 45.0 Å². The van der Waals surface area contributed by atoms with Crippen LogP contribution in [0.1, 0.15) is 41.6 Å². The monoisotopic (exact) mass is 341 g/mol. The van der Waals surface area contributed by atoms with Gasteiger partial charge in [-0.1, -0.05) is 0 Å². The fourth-order valence-electron chi connectivity index (χ4n) is 2.28. The van der Waals surface area contributed by atoms with Crippen molar-refractivity contribution in [2.24, 2.45) is 0 Å². The summed E-state index contributed by atoms with van der Waals surface area (Å²) in [6.07, 6.45) is 1.44. The van der Waals surface area contributed by atoms with E-state index in [1.165, 1.54) is 12.3 Å². The van der Waals surface area contributed by atoms with E-state index in [2.05, 4.69) is 15.6 Å². The third-order valence-electron chi connectivity index (χ3n) is 3.37. The van der Waals surface area contributed by atoms with Crippen LogP contribution in [0.15, 0.2) is 36.5 Å². The molecule has 1 aliphatic heterocycles. The van der Waals surface area contributed by atoms with Gasteiger partial charge in [0.15, 0.2) is 11.5 Å². The quantitative estimate of drug-likeness (QED) is 0.896. The second-order valence-corrected chi connectivity index (χ2v) is 6.66. The zero-order valence-electron chi connectivity index (χ0n) is 14.3. The molecule has 1 aliphatic rings. The number of hydrogen-bond acceptors (Lipinski definition) is 5. The lowest BCUT2D eigenvalue weighted by Crippen LogP contribution is -2.40. The summed E-state index contributed by atoms with van der Waals surface area (Å²) in [5.74, 6) is 0.539. The van der Waals surface area contributed by atoms with Crippen molar-refractivity contribution in [3.8, 4) is 11.5 Å². The summed E-state index contributed by atoms with van der Waals surface area (Å²) in [6, 6.07) is 8.14. The fourth-order valence-corrected chi connectivity index (χ4v) is 2.28. The number of benzene rings is 1. The number of amides is 2. The Balaban J connectivity index is 1.74. The Morgan fingerprint density at radius 3 is 2.56 bits per heavy atom. The van der Waals surface area contributed by atoms with E-state index in [0.29, 0.717) is 22.7 Å². The molecule has 7 nitrogen and oxygen atoms in total. The smallest absolute Gasteiger partial charge is 0.274 e. The van der Waals surface area contributed by atoms with Gasteiger partial charge in [0.1, 0.15) is 5.69 Å². The first kappa shape index (κ1) is 16.8. The molecular weight excluding hydrogens is 322 g/mol. The van der Waals surface area contributed by atoms with Gasteiger partial charge in [-0.3, -0.25) is 14.6 Å². The minimum absolute atomic E-state index is 0.152. The Labute approximate surface area is 145 Å². The first-order valence-corrected chi connectivity index (χ1v) is 7.81. The minimum Gasteiger partial charge on any atom is -0.454 e. The average Bonchev–Trinajstić information content (AvgIpc) is 3.01. The molecule has 2 heterocycles. The SMILES string of the molecule is CC(C)(C)NC(=O)c1ccnc(C(=O)Nc2ccc3c(c2)OCO3)c1. The molecule has 0 unspecified atom stereocenters. The van der Waals surface area contributed by atoms with E-state index in [9.17, 15) is 9.59 Å². The van der Waals surface area contributed by atoms with Gasteiger partial charge >= 0.3 is 0 Å². The molecule has 7 heteroatoms. The van der Waals surface area contributed by atoms with Gasteiger partial charge < -0.3 is 20.1 Å². The van der Waals surface area contributed by atoms with Gasteiger partial charge in [0, 0.05) is 29.1 Å². The molecule has 1 aromatic heterocycles. The number of aromatic nitrogens is 1. The van der Waals surface area contributed by atoms with Crippen molar-refractivity contribution in [1.29, 1.82) is 0 Å². The lowest BCUT2D eigenvalue weighted by atomic mass is 10.1. The Morgan fingerprint density at radius 2 is 1.80 bits per heavy atom. The van der Waals surface area contributed by atoms with Gasteiger partial charge in [0.05, 0.1) is 0 Å². The lowest BCUT2D eigenvalue weighted by molar-refractivity contribution is 0.0919. The summed E-state index contributed by atoms with van der Waals surface area (Å²) in [5, 5.41) is 5.58. The molecule has 0 fully saturated rings. The average molecular weight is 341 g/mol. The molecule has 0 atom stereocenters. The van der Waals surface area contributed by atoms with E-state index in [-0.39, 0.29) is 23.9 Å². The van der Waals surface area contributed by atoms with Crippen LogP contribution in [0.5, 0.6) is 11.5 Å². The number of pyridine rings is 1. The molecule has 3 rings (SSSR count). The number of nitrogens with one attached hydrogen (secondary N) is 2. The number of fused-ring (bicyclic) bond motifs is 1. The van der Waals surface area contributed by atoms with Crippen LogP contribution >= 0.6 is 0 Å². The molecule has 25 heavy (non-hydrogen) atoms. The highest BCUT2D eigenvalue weighted by molar-refractivity contribution is 6.05. The molecule has 2 aromatic rings. The summed E-state index contributed by atoms with van der Waals surface area (Å²) >= 11 is 0. The predicted molar refractivity (Wildman–Crippen MR) is 92.0 cm³/mol. The van der Waals surface area contributed by atoms with Gasteiger partial charge in [0.25, 0.3) is 11.8 Å². The molecule has 0 saturated carbocycles. The molecule has 2 amide bonds. The van der Waals surface area contributed by atoms with Crippen molar-refractivity contribution in [2.75, 3.05) is 12.1 Å². The van der Waals surface area contributed by atoms with E-state index in [0.717, 1.165) is 0 Å². The van der Waals surface area contributed by atoms with Gasteiger partial charge in [0.2, 0.25) is 6.79 Å². The third kappa shape index (κ3) is 4.06. The number of hydrogen-bond donors (Lipinski definition) is 2. The maximum atomic E-state index is 12.4. The van der Waals surface area contributed by atoms with E-state index in [4.69, 9.17) is 9.47 Å². The van der Waals surface area contributed by atoms with E-state index >= 15 is 0 Å². The maximum Gasteiger partial charge on any atom is 0.274 e. The van der Waals surface area contributed by atoms with Crippen molar-refractivity contribution >= 4 is 17.5 Å². The first-order valence-electron chi connectivity index (χ1n) is 7.81. The number of rotatable bonds is 3. The number of ether oxygens (including phenoxy) is 2. The third-order valence-corrected chi connectivity index (χ3v) is 3.37. The summed E-state index contributed by atoms with van der Waals surface area (Å²) in [5.41, 5.74) is 0.718. The standard InChI is InChI=1S/C18H19N3O4/c1-18(2,3)21-16(22)11-6-7-19-13(8-11)17(23)20-12-4-5-14-15(9-12)25-10-24-14/h4-9H,10H2,1-3H3,(H,20,23)(H,21,22). The Hall–Kier alpha value is -3.09. The Morgan fingerprint density at radius 1 is 1.04 bits per heavy atom. The van der Waals surface area contributed by atoms with Crippen molar-refractivity contribution < 1.29 is 19.1 Å². The summed E-state index contributed by atoms with van der Waals surface area (Å²) in [6.45, 7) is 5.83. The van der Waals surface area contributed by atoms with Crippen LogP contribution in [0, 0.1) is 0 Å². The normalized spacial score (nSPS) is 12.6. The van der Waals surface area contributed by atoms with Crippen LogP contribution in [0.3, 0.4) is 0 Å². The number of nitrogens with zero attached hydrogens (tertiary/aromatic N) is 1. The van der Waals surface area contributed by atoms with Crippen LogP contribution in [0.2, 0.25) is 0 Å². The maximum absolute atomic E-state index is 12.4. The van der Waals surface area contributed by atoms with Crippen LogP contribution in [-0.4, -0.2) is 29.1 Å². The zero-order chi connectivity index (χ0) is 18.0. The summed E-state index contributed by atoms with van der Waals surface area (Å²) in [7, 11) is 0. The van der Waals surface area contributed by atoms with E-state index < -0.39 is 5.91 Å². The molecule has 0 radical (unpaired) electrons. The molecule has 1 aromatic carbocycles. The molecule has 0 saturated heterocycles. The summed E-state index contributed by atoms with van der Waals surface area (Å²) in [4.78, 5) is 28.7. The van der Waals surface area contributed by atoms with Gasteiger partial charge in [-0.25, -0.2) is 0 Å². The van der Waals surface area contributed by atoms with Gasteiger partial charge in [-0.15, -0.1) is 0 Å². The molecule has 0 bridgehead atoms. The minimum atomic E-state index is -0.413. The number of anilines is 1. The van der Waals surface area contributed by atoms with Crippen molar-refractivity contribution in [3.63, 3.8) is 0 Å². The number of carbonyl (C=O) groups is 2. The van der Waals surface area contributed by atoms with Crippen LogP contribution in [0.4, 0.5) is 5.69 Å². The highest BCUT2D eigenvalue weighted by Crippen LogP contribution is 2.34. The highest BCUT2D eigenvalue weighted by atomic mass is 16.7. The molecule has 0 spiro atoms. The topological polar surface area (TPSA) is 89.6 Å². The first-order chi connectivity index (χ1) is 11.8.